The maximum Gasteiger partial charge on any atom is 0.137 e. The molecule has 0 radical (unpaired) electrons. The molecule has 0 aromatic carbocycles. The SMILES string of the molecule is C=CCCOCCC(=O)CCOCCC=C. The lowest BCUT2D eigenvalue weighted by molar-refractivity contribution is -0.121. The maximum atomic E-state index is 11.3. The summed E-state index contributed by atoms with van der Waals surface area (Å²) in [7, 11) is 0. The summed E-state index contributed by atoms with van der Waals surface area (Å²) in [6, 6.07) is 0. The molecule has 0 rings (SSSR count). The Morgan fingerprint density at radius 1 is 0.875 bits per heavy atom. The molecule has 0 aliphatic heterocycles. The fourth-order valence-electron chi connectivity index (χ4n) is 1.03. The lowest BCUT2D eigenvalue weighted by Crippen LogP contribution is -2.08. The summed E-state index contributed by atoms with van der Waals surface area (Å²) in [6.07, 6.45) is 6.21. The third kappa shape index (κ3) is 11.1. The number of carbonyl (C=O) groups excluding carboxylic acids is 1. The molecule has 3 nitrogen and oxygen atoms in total. The van der Waals surface area contributed by atoms with E-state index in [1.165, 1.54) is 0 Å². The van der Waals surface area contributed by atoms with Crippen molar-refractivity contribution in [2.45, 2.75) is 25.7 Å². The second kappa shape index (κ2) is 12.1. The standard InChI is InChI=1S/C13H22O3/c1-3-5-9-15-11-7-13(14)8-12-16-10-6-4-2/h3-4H,1-2,5-12H2. The molecule has 0 unspecified atom stereocenters. The number of ketones is 1. The van der Waals surface area contributed by atoms with E-state index in [4.69, 9.17) is 9.47 Å². The number of hydrogen-bond acceptors (Lipinski definition) is 3. The molecule has 0 spiro atoms. The van der Waals surface area contributed by atoms with Crippen molar-refractivity contribution >= 4 is 5.78 Å². The Labute approximate surface area is 98.1 Å². The second-order valence-electron chi connectivity index (χ2n) is 3.42. The van der Waals surface area contributed by atoms with Crippen LogP contribution in [-0.4, -0.2) is 32.2 Å². The number of hydrogen-bond donors (Lipinski definition) is 0. The zero-order valence-electron chi connectivity index (χ0n) is 9.95. The van der Waals surface area contributed by atoms with E-state index in [9.17, 15) is 4.79 Å². The van der Waals surface area contributed by atoms with E-state index < -0.39 is 0 Å². The molecule has 0 bridgehead atoms. The monoisotopic (exact) mass is 226 g/mol. The number of rotatable bonds is 12. The normalized spacial score (nSPS) is 10.0. The van der Waals surface area contributed by atoms with Crippen LogP contribution in [0.4, 0.5) is 0 Å². The van der Waals surface area contributed by atoms with Gasteiger partial charge in [-0.2, -0.15) is 0 Å². The molecular weight excluding hydrogens is 204 g/mol. The van der Waals surface area contributed by atoms with E-state index in [1.807, 2.05) is 0 Å². The minimum absolute atomic E-state index is 0.192. The molecule has 16 heavy (non-hydrogen) atoms. The maximum absolute atomic E-state index is 11.3. The molecule has 0 heterocycles. The molecule has 92 valence electrons. The smallest absolute Gasteiger partial charge is 0.137 e. The summed E-state index contributed by atoms with van der Waals surface area (Å²) in [5.74, 6) is 0.192. The molecule has 0 atom stereocenters. The predicted octanol–water partition coefficient (Wildman–Crippen LogP) is 2.52. The van der Waals surface area contributed by atoms with Crippen molar-refractivity contribution in [3.05, 3.63) is 25.3 Å². The van der Waals surface area contributed by atoms with E-state index in [1.54, 1.807) is 12.2 Å². The van der Waals surface area contributed by atoms with Crippen LogP contribution in [0.5, 0.6) is 0 Å². The van der Waals surface area contributed by atoms with Crippen LogP contribution in [-0.2, 0) is 14.3 Å². The first-order chi connectivity index (χ1) is 7.81. The van der Waals surface area contributed by atoms with Crippen LogP contribution < -0.4 is 0 Å². The number of carbonyl (C=O) groups is 1. The lowest BCUT2D eigenvalue weighted by Gasteiger charge is -2.03. The average Bonchev–Trinajstić information content (AvgIpc) is 2.28. The van der Waals surface area contributed by atoms with Gasteiger partial charge in [0.15, 0.2) is 0 Å². The molecule has 0 saturated carbocycles. The van der Waals surface area contributed by atoms with Crippen LogP contribution in [0, 0.1) is 0 Å². The highest BCUT2D eigenvalue weighted by Gasteiger charge is 2.01. The van der Waals surface area contributed by atoms with Gasteiger partial charge in [-0.15, -0.1) is 13.2 Å². The minimum Gasteiger partial charge on any atom is -0.381 e. The summed E-state index contributed by atoms with van der Waals surface area (Å²) >= 11 is 0. The average molecular weight is 226 g/mol. The molecule has 0 aromatic heterocycles. The molecule has 0 fully saturated rings. The Morgan fingerprint density at radius 2 is 1.31 bits per heavy atom. The predicted molar refractivity (Wildman–Crippen MR) is 65.5 cm³/mol. The summed E-state index contributed by atoms with van der Waals surface area (Å²) in [4.78, 5) is 11.3. The van der Waals surface area contributed by atoms with Gasteiger partial charge >= 0.3 is 0 Å². The molecule has 0 aliphatic carbocycles. The van der Waals surface area contributed by atoms with Gasteiger partial charge in [-0.25, -0.2) is 0 Å². The van der Waals surface area contributed by atoms with Crippen molar-refractivity contribution in [1.82, 2.24) is 0 Å². The zero-order chi connectivity index (χ0) is 12.1. The van der Waals surface area contributed by atoms with Crippen molar-refractivity contribution in [1.29, 1.82) is 0 Å². The van der Waals surface area contributed by atoms with E-state index in [2.05, 4.69) is 13.2 Å². The van der Waals surface area contributed by atoms with Crippen LogP contribution in [0.2, 0.25) is 0 Å². The first-order valence-corrected chi connectivity index (χ1v) is 5.70. The van der Waals surface area contributed by atoms with Gasteiger partial charge < -0.3 is 9.47 Å². The Bertz CT molecular complexity index is 179. The topological polar surface area (TPSA) is 35.5 Å². The first kappa shape index (κ1) is 15.1. The third-order valence-corrected chi connectivity index (χ3v) is 1.98. The van der Waals surface area contributed by atoms with Gasteiger partial charge in [0.05, 0.1) is 26.4 Å². The van der Waals surface area contributed by atoms with E-state index >= 15 is 0 Å². The van der Waals surface area contributed by atoms with Gasteiger partial charge in [-0.05, 0) is 12.8 Å². The van der Waals surface area contributed by atoms with Gasteiger partial charge in [-0.1, -0.05) is 12.2 Å². The second-order valence-corrected chi connectivity index (χ2v) is 3.42. The highest BCUT2D eigenvalue weighted by molar-refractivity contribution is 5.78. The van der Waals surface area contributed by atoms with Gasteiger partial charge in [0.2, 0.25) is 0 Å². The summed E-state index contributed by atoms with van der Waals surface area (Å²) < 4.78 is 10.5. The Kier molecular flexibility index (Phi) is 11.4. The van der Waals surface area contributed by atoms with Gasteiger partial charge in [0.1, 0.15) is 5.78 Å². The quantitative estimate of drug-likeness (QED) is 0.379. The van der Waals surface area contributed by atoms with Crippen LogP contribution >= 0.6 is 0 Å². The zero-order valence-corrected chi connectivity index (χ0v) is 9.95. The van der Waals surface area contributed by atoms with Crippen LogP contribution in [0.25, 0.3) is 0 Å². The highest BCUT2D eigenvalue weighted by Crippen LogP contribution is 1.94. The largest absolute Gasteiger partial charge is 0.381 e. The molecule has 0 N–H and O–H groups in total. The fraction of sp³-hybridized carbons (Fsp3) is 0.615. The lowest BCUT2D eigenvalue weighted by atomic mass is 10.2. The third-order valence-electron chi connectivity index (χ3n) is 1.98. The van der Waals surface area contributed by atoms with Crippen LogP contribution in [0.3, 0.4) is 0 Å². The minimum atomic E-state index is 0.192. The van der Waals surface area contributed by atoms with Gasteiger partial charge in [-0.3, -0.25) is 4.79 Å². The van der Waals surface area contributed by atoms with Crippen LogP contribution in [0.1, 0.15) is 25.7 Å². The summed E-state index contributed by atoms with van der Waals surface area (Å²) in [6.45, 7) is 9.47. The fourth-order valence-corrected chi connectivity index (χ4v) is 1.03. The Balaban J connectivity index is 3.18. The van der Waals surface area contributed by atoms with Crippen molar-refractivity contribution in [2.75, 3.05) is 26.4 Å². The van der Waals surface area contributed by atoms with Crippen LogP contribution in [0.15, 0.2) is 25.3 Å². The highest BCUT2D eigenvalue weighted by atomic mass is 16.5. The van der Waals surface area contributed by atoms with E-state index in [0.717, 1.165) is 12.8 Å². The first-order valence-electron chi connectivity index (χ1n) is 5.70. The van der Waals surface area contributed by atoms with Crippen molar-refractivity contribution in [3.8, 4) is 0 Å². The number of ether oxygens (including phenoxy) is 2. The Hall–Kier alpha value is -0.930. The summed E-state index contributed by atoms with van der Waals surface area (Å²) in [5, 5.41) is 0. The van der Waals surface area contributed by atoms with Crippen molar-refractivity contribution < 1.29 is 14.3 Å². The molecule has 0 saturated heterocycles. The van der Waals surface area contributed by atoms with Gasteiger partial charge in [0, 0.05) is 12.8 Å². The molecule has 0 amide bonds. The van der Waals surface area contributed by atoms with Crippen molar-refractivity contribution in [2.24, 2.45) is 0 Å². The summed E-state index contributed by atoms with van der Waals surface area (Å²) in [5.41, 5.74) is 0. The molecule has 3 heteroatoms. The van der Waals surface area contributed by atoms with Crippen molar-refractivity contribution in [3.63, 3.8) is 0 Å². The van der Waals surface area contributed by atoms with E-state index in [0.29, 0.717) is 39.3 Å². The van der Waals surface area contributed by atoms with E-state index in [-0.39, 0.29) is 5.78 Å². The molecular formula is C13H22O3. The number of Topliss-reactive ketones (excluding diaryl/α,β-unsaturated/α-hetero) is 1. The Morgan fingerprint density at radius 3 is 1.69 bits per heavy atom. The molecule has 0 aliphatic rings. The molecule has 0 aromatic rings. The van der Waals surface area contributed by atoms with Gasteiger partial charge in [0.25, 0.3) is 0 Å².